The van der Waals surface area contributed by atoms with Crippen LogP contribution in [0.3, 0.4) is 0 Å². The molecule has 0 saturated heterocycles. The van der Waals surface area contributed by atoms with E-state index in [9.17, 15) is 14.7 Å². The molecule has 0 aromatic heterocycles. The Kier molecular flexibility index (Phi) is 3.84. The number of carbonyl (C=O) groups excluding carboxylic acids is 1. The average Bonchev–Trinajstić information content (AvgIpc) is 2.46. The second-order valence-corrected chi connectivity index (χ2v) is 4.38. The number of hydrogen-bond donors (Lipinski definition) is 1. The Morgan fingerprint density at radius 3 is 2.45 bits per heavy atom. The highest BCUT2D eigenvalue weighted by Gasteiger charge is 2.17. The maximum absolute atomic E-state index is 11.4. The SMILES string of the molecule is COc1cc(C(=O)O)c(-c2ccccc2C)cc1C=O. The number of aldehydes is 1. The van der Waals surface area contributed by atoms with Crippen LogP contribution < -0.4 is 4.74 Å². The van der Waals surface area contributed by atoms with Crippen molar-refractivity contribution < 1.29 is 19.4 Å². The van der Waals surface area contributed by atoms with Crippen LogP contribution in [0.1, 0.15) is 26.3 Å². The number of ether oxygens (including phenoxy) is 1. The molecule has 0 aliphatic carbocycles. The van der Waals surface area contributed by atoms with Crippen LogP contribution in [0, 0.1) is 6.92 Å². The fourth-order valence-electron chi connectivity index (χ4n) is 2.14. The number of carboxylic acids is 1. The summed E-state index contributed by atoms with van der Waals surface area (Å²) in [7, 11) is 1.40. The fourth-order valence-corrected chi connectivity index (χ4v) is 2.14. The first-order chi connectivity index (χ1) is 9.58. The van der Waals surface area contributed by atoms with Crippen LogP contribution in [0.2, 0.25) is 0 Å². The highest BCUT2D eigenvalue weighted by atomic mass is 16.5. The first kappa shape index (κ1) is 13.8. The van der Waals surface area contributed by atoms with Crippen molar-refractivity contribution in [2.45, 2.75) is 6.92 Å². The Balaban J connectivity index is 2.77. The molecule has 4 heteroatoms. The van der Waals surface area contributed by atoms with Gasteiger partial charge in [-0.25, -0.2) is 4.79 Å². The Labute approximate surface area is 116 Å². The van der Waals surface area contributed by atoms with E-state index in [1.54, 1.807) is 6.07 Å². The highest BCUT2D eigenvalue weighted by molar-refractivity contribution is 5.99. The maximum atomic E-state index is 11.4. The van der Waals surface area contributed by atoms with Gasteiger partial charge in [0.1, 0.15) is 5.75 Å². The van der Waals surface area contributed by atoms with Crippen molar-refractivity contribution in [2.75, 3.05) is 7.11 Å². The van der Waals surface area contributed by atoms with E-state index in [2.05, 4.69) is 0 Å². The van der Waals surface area contributed by atoms with Gasteiger partial charge in [-0.1, -0.05) is 24.3 Å². The Morgan fingerprint density at radius 2 is 1.90 bits per heavy atom. The highest BCUT2D eigenvalue weighted by Crippen LogP contribution is 2.32. The van der Waals surface area contributed by atoms with Gasteiger partial charge in [0.2, 0.25) is 0 Å². The molecule has 0 aliphatic rings. The molecule has 0 fully saturated rings. The lowest BCUT2D eigenvalue weighted by atomic mass is 9.94. The van der Waals surface area contributed by atoms with Gasteiger partial charge >= 0.3 is 5.97 Å². The molecule has 0 bridgehead atoms. The van der Waals surface area contributed by atoms with Gasteiger partial charge in [-0.15, -0.1) is 0 Å². The molecule has 2 aromatic rings. The standard InChI is InChI=1S/C16H14O4/c1-10-5-3-4-6-12(10)13-7-11(9-17)15(20-2)8-14(13)16(18)19/h3-9H,1-2H3,(H,18,19). The van der Waals surface area contributed by atoms with Gasteiger partial charge in [0.05, 0.1) is 18.2 Å². The minimum atomic E-state index is -1.06. The second-order valence-electron chi connectivity index (χ2n) is 4.38. The normalized spacial score (nSPS) is 10.1. The molecule has 0 saturated carbocycles. The largest absolute Gasteiger partial charge is 0.496 e. The third-order valence-corrected chi connectivity index (χ3v) is 3.16. The summed E-state index contributed by atoms with van der Waals surface area (Å²) in [6, 6.07) is 10.4. The van der Waals surface area contributed by atoms with Gasteiger partial charge < -0.3 is 9.84 Å². The monoisotopic (exact) mass is 270 g/mol. The Morgan fingerprint density at radius 1 is 1.20 bits per heavy atom. The van der Waals surface area contributed by atoms with Gasteiger partial charge in [0.15, 0.2) is 6.29 Å². The van der Waals surface area contributed by atoms with Crippen molar-refractivity contribution in [1.82, 2.24) is 0 Å². The van der Waals surface area contributed by atoms with Crippen LogP contribution in [0.25, 0.3) is 11.1 Å². The fraction of sp³-hybridized carbons (Fsp3) is 0.125. The van der Waals surface area contributed by atoms with E-state index in [1.807, 2.05) is 31.2 Å². The van der Waals surface area contributed by atoms with Crippen LogP contribution in [-0.4, -0.2) is 24.5 Å². The number of rotatable bonds is 4. The van der Waals surface area contributed by atoms with E-state index in [0.717, 1.165) is 11.1 Å². The number of aromatic carboxylic acids is 1. The van der Waals surface area contributed by atoms with Gasteiger partial charge in [0, 0.05) is 0 Å². The number of aryl methyl sites for hydroxylation is 1. The van der Waals surface area contributed by atoms with Crippen molar-refractivity contribution >= 4 is 12.3 Å². The number of methoxy groups -OCH3 is 1. The van der Waals surface area contributed by atoms with Crippen molar-refractivity contribution in [2.24, 2.45) is 0 Å². The topological polar surface area (TPSA) is 63.6 Å². The molecule has 0 heterocycles. The zero-order valence-corrected chi connectivity index (χ0v) is 11.2. The molecule has 0 unspecified atom stereocenters. The van der Waals surface area contributed by atoms with Crippen molar-refractivity contribution in [3.05, 3.63) is 53.1 Å². The molecule has 0 aliphatic heterocycles. The molecule has 102 valence electrons. The van der Waals surface area contributed by atoms with Crippen LogP contribution in [0.15, 0.2) is 36.4 Å². The van der Waals surface area contributed by atoms with Crippen molar-refractivity contribution in [3.63, 3.8) is 0 Å². The van der Waals surface area contributed by atoms with E-state index in [1.165, 1.54) is 13.2 Å². The molecular weight excluding hydrogens is 256 g/mol. The van der Waals surface area contributed by atoms with E-state index < -0.39 is 5.97 Å². The Bertz CT molecular complexity index is 674. The lowest BCUT2D eigenvalue weighted by Crippen LogP contribution is -2.03. The summed E-state index contributed by atoms with van der Waals surface area (Å²) in [6.07, 6.45) is 0.659. The molecular formula is C16H14O4. The molecule has 2 rings (SSSR count). The van der Waals surface area contributed by atoms with E-state index in [-0.39, 0.29) is 11.3 Å². The quantitative estimate of drug-likeness (QED) is 0.867. The molecule has 1 N–H and O–H groups in total. The zero-order valence-electron chi connectivity index (χ0n) is 11.2. The van der Waals surface area contributed by atoms with Crippen LogP contribution in [0.5, 0.6) is 5.75 Å². The van der Waals surface area contributed by atoms with Crippen LogP contribution in [-0.2, 0) is 0 Å². The molecule has 0 spiro atoms. The summed E-state index contributed by atoms with van der Waals surface area (Å²) in [6.45, 7) is 1.89. The van der Waals surface area contributed by atoms with E-state index in [4.69, 9.17) is 4.74 Å². The minimum absolute atomic E-state index is 0.113. The summed E-state index contributed by atoms with van der Waals surface area (Å²) in [5, 5.41) is 9.36. The van der Waals surface area contributed by atoms with E-state index >= 15 is 0 Å². The second kappa shape index (κ2) is 5.57. The predicted molar refractivity (Wildman–Crippen MR) is 75.5 cm³/mol. The maximum Gasteiger partial charge on any atom is 0.336 e. The summed E-state index contributed by atoms with van der Waals surface area (Å²) < 4.78 is 5.05. The number of carbonyl (C=O) groups is 2. The van der Waals surface area contributed by atoms with Crippen molar-refractivity contribution in [3.8, 4) is 16.9 Å². The number of hydrogen-bond acceptors (Lipinski definition) is 3. The summed E-state index contributed by atoms with van der Waals surface area (Å²) in [4.78, 5) is 22.5. The summed E-state index contributed by atoms with van der Waals surface area (Å²) in [5.74, 6) is -0.797. The first-order valence-corrected chi connectivity index (χ1v) is 6.05. The van der Waals surface area contributed by atoms with Gasteiger partial charge in [-0.3, -0.25) is 4.79 Å². The molecule has 20 heavy (non-hydrogen) atoms. The lowest BCUT2D eigenvalue weighted by Gasteiger charge is -2.12. The molecule has 4 nitrogen and oxygen atoms in total. The minimum Gasteiger partial charge on any atom is -0.496 e. The first-order valence-electron chi connectivity index (χ1n) is 6.05. The third-order valence-electron chi connectivity index (χ3n) is 3.16. The van der Waals surface area contributed by atoms with Gasteiger partial charge in [-0.05, 0) is 35.7 Å². The summed E-state index contributed by atoms with van der Waals surface area (Å²) in [5.41, 5.74) is 2.68. The lowest BCUT2D eigenvalue weighted by molar-refractivity contribution is 0.0697. The van der Waals surface area contributed by atoms with Crippen LogP contribution in [0.4, 0.5) is 0 Å². The van der Waals surface area contributed by atoms with Gasteiger partial charge in [0.25, 0.3) is 0 Å². The predicted octanol–water partition coefficient (Wildman–Crippen LogP) is 3.18. The zero-order chi connectivity index (χ0) is 14.7. The summed E-state index contributed by atoms with van der Waals surface area (Å²) >= 11 is 0. The molecule has 0 radical (unpaired) electrons. The number of benzene rings is 2. The van der Waals surface area contributed by atoms with Crippen LogP contribution >= 0.6 is 0 Å². The number of carboxylic acid groups (broad SMARTS) is 1. The van der Waals surface area contributed by atoms with Crippen molar-refractivity contribution in [1.29, 1.82) is 0 Å². The third kappa shape index (κ3) is 2.40. The molecule has 0 atom stereocenters. The smallest absolute Gasteiger partial charge is 0.336 e. The molecule has 0 amide bonds. The average molecular weight is 270 g/mol. The molecule has 2 aromatic carbocycles. The van der Waals surface area contributed by atoms with Gasteiger partial charge in [-0.2, -0.15) is 0 Å². The Hall–Kier alpha value is -2.62. The van der Waals surface area contributed by atoms with E-state index in [0.29, 0.717) is 17.4 Å².